The Morgan fingerprint density at radius 1 is 1.33 bits per heavy atom. The van der Waals surface area contributed by atoms with Crippen LogP contribution in [0.4, 0.5) is 4.39 Å². The van der Waals surface area contributed by atoms with Gasteiger partial charge in [-0.2, -0.15) is 0 Å². The molecule has 1 aromatic rings. The zero-order valence-corrected chi connectivity index (χ0v) is 8.53. The Labute approximate surface area is 88.7 Å². The number of likely N-dealkylation sites (tertiary alicyclic amines) is 1. The molecule has 1 heterocycles. The average molecular weight is 207 g/mol. The summed E-state index contributed by atoms with van der Waals surface area (Å²) in [6.45, 7) is 1.14. The summed E-state index contributed by atoms with van der Waals surface area (Å²) >= 11 is 0. The third-order valence-electron chi connectivity index (χ3n) is 2.68. The number of rotatable bonds is 2. The van der Waals surface area contributed by atoms with Gasteiger partial charge in [-0.1, -0.05) is 30.3 Å². The highest BCUT2D eigenvalue weighted by Crippen LogP contribution is 2.16. The summed E-state index contributed by atoms with van der Waals surface area (Å²) in [7, 11) is 0. The topological polar surface area (TPSA) is 20.3 Å². The summed E-state index contributed by atoms with van der Waals surface area (Å²) in [6.07, 6.45) is -0.421. The average Bonchev–Trinajstić information content (AvgIpc) is 2.24. The fourth-order valence-corrected chi connectivity index (χ4v) is 1.81. The number of hydrogen-bond donors (Lipinski definition) is 0. The fourth-order valence-electron chi connectivity index (χ4n) is 1.81. The first-order valence-corrected chi connectivity index (χ1v) is 5.21. The molecule has 2 nitrogen and oxygen atoms in total. The van der Waals surface area contributed by atoms with E-state index in [1.807, 2.05) is 30.3 Å². The molecule has 2 rings (SSSR count). The molecule has 1 aliphatic heterocycles. The number of nitrogens with zero attached hydrogens (tertiary/aromatic N) is 1. The molecule has 80 valence electrons. The number of hydrogen-bond acceptors (Lipinski definition) is 1. The summed E-state index contributed by atoms with van der Waals surface area (Å²) in [5, 5.41) is 0. The van der Waals surface area contributed by atoms with Crippen molar-refractivity contribution in [2.24, 2.45) is 0 Å². The van der Waals surface area contributed by atoms with Crippen LogP contribution in [0.25, 0.3) is 0 Å². The quantitative estimate of drug-likeness (QED) is 0.727. The number of halogens is 1. The highest BCUT2D eigenvalue weighted by molar-refractivity contribution is 5.77. The molecule has 1 fully saturated rings. The van der Waals surface area contributed by atoms with Gasteiger partial charge in [0.1, 0.15) is 6.17 Å². The molecule has 0 N–H and O–H groups in total. The molecule has 0 bridgehead atoms. The van der Waals surface area contributed by atoms with Gasteiger partial charge in [-0.15, -0.1) is 0 Å². The maximum Gasteiger partial charge on any atom is 0.225 e. The lowest BCUT2D eigenvalue weighted by Gasteiger charge is -2.28. The maximum absolute atomic E-state index is 12.9. The van der Waals surface area contributed by atoms with Crippen LogP contribution in [0.15, 0.2) is 30.3 Å². The Bertz CT molecular complexity index is 339. The summed E-state index contributed by atoms with van der Waals surface area (Å²) < 4.78 is 12.9. The second-order valence-electron chi connectivity index (χ2n) is 3.89. The van der Waals surface area contributed by atoms with Crippen LogP contribution in [-0.2, 0) is 11.3 Å². The van der Waals surface area contributed by atoms with Crippen LogP contribution in [0.2, 0.25) is 0 Å². The molecule has 3 heteroatoms. The first-order valence-electron chi connectivity index (χ1n) is 5.21. The lowest BCUT2D eigenvalue weighted by Crippen LogP contribution is -2.38. The Balaban J connectivity index is 1.98. The third kappa shape index (κ3) is 2.55. The minimum absolute atomic E-state index is 0.0484. The van der Waals surface area contributed by atoms with Crippen molar-refractivity contribution < 1.29 is 9.18 Å². The van der Waals surface area contributed by atoms with Crippen LogP contribution in [0.3, 0.4) is 0 Å². The van der Waals surface area contributed by atoms with E-state index >= 15 is 0 Å². The number of alkyl halides is 1. The minimum atomic E-state index is -0.940. The van der Waals surface area contributed by atoms with Gasteiger partial charge in [-0.3, -0.25) is 4.79 Å². The summed E-state index contributed by atoms with van der Waals surface area (Å²) in [4.78, 5) is 13.2. The maximum atomic E-state index is 12.9. The Morgan fingerprint density at radius 3 is 2.73 bits per heavy atom. The van der Waals surface area contributed by atoms with Crippen molar-refractivity contribution in [2.75, 3.05) is 6.54 Å². The lowest BCUT2D eigenvalue weighted by atomic mass is 10.1. The van der Waals surface area contributed by atoms with Crippen molar-refractivity contribution in [3.05, 3.63) is 35.9 Å². The van der Waals surface area contributed by atoms with E-state index in [4.69, 9.17) is 0 Å². The normalized spacial score (nSPS) is 21.8. The predicted molar refractivity (Wildman–Crippen MR) is 56.0 cm³/mol. The first kappa shape index (κ1) is 10.1. The number of benzene rings is 1. The summed E-state index contributed by atoms with van der Waals surface area (Å²) in [5.41, 5.74) is 1.10. The van der Waals surface area contributed by atoms with E-state index < -0.39 is 6.17 Å². The van der Waals surface area contributed by atoms with Gasteiger partial charge in [0, 0.05) is 13.1 Å². The highest BCUT2D eigenvalue weighted by atomic mass is 19.1. The van der Waals surface area contributed by atoms with Gasteiger partial charge >= 0.3 is 0 Å². The van der Waals surface area contributed by atoms with Crippen molar-refractivity contribution in [3.63, 3.8) is 0 Å². The Morgan fingerprint density at radius 2 is 2.07 bits per heavy atom. The van der Waals surface area contributed by atoms with E-state index in [0.29, 0.717) is 19.5 Å². The number of carbonyl (C=O) groups excluding carboxylic acids is 1. The second-order valence-corrected chi connectivity index (χ2v) is 3.89. The molecule has 1 aliphatic rings. The van der Waals surface area contributed by atoms with Gasteiger partial charge in [0.25, 0.3) is 0 Å². The van der Waals surface area contributed by atoms with Crippen molar-refractivity contribution in [1.82, 2.24) is 4.90 Å². The predicted octanol–water partition coefficient (Wildman–Crippen LogP) is 2.15. The molecule has 1 unspecified atom stereocenters. The van der Waals surface area contributed by atoms with Gasteiger partial charge in [-0.25, -0.2) is 4.39 Å². The number of carbonyl (C=O) groups is 1. The molecular formula is C12H14FNO. The van der Waals surface area contributed by atoms with Gasteiger partial charge < -0.3 is 4.90 Å². The smallest absolute Gasteiger partial charge is 0.225 e. The van der Waals surface area contributed by atoms with Gasteiger partial charge in [0.2, 0.25) is 5.91 Å². The van der Waals surface area contributed by atoms with Crippen molar-refractivity contribution in [1.29, 1.82) is 0 Å². The minimum Gasteiger partial charge on any atom is -0.338 e. The monoisotopic (exact) mass is 207 g/mol. The van der Waals surface area contributed by atoms with Gasteiger partial charge in [0.05, 0.1) is 6.42 Å². The van der Waals surface area contributed by atoms with Crippen LogP contribution in [-0.4, -0.2) is 23.5 Å². The van der Waals surface area contributed by atoms with E-state index in [9.17, 15) is 9.18 Å². The largest absolute Gasteiger partial charge is 0.338 e. The van der Waals surface area contributed by atoms with Crippen molar-refractivity contribution in [2.45, 2.75) is 25.6 Å². The Kier molecular flexibility index (Phi) is 2.99. The lowest BCUT2D eigenvalue weighted by molar-refractivity contribution is -0.136. The van der Waals surface area contributed by atoms with Crippen molar-refractivity contribution in [3.8, 4) is 0 Å². The molecule has 0 radical (unpaired) electrons. The van der Waals surface area contributed by atoms with Crippen LogP contribution in [0.5, 0.6) is 0 Å². The van der Waals surface area contributed by atoms with E-state index in [0.717, 1.165) is 5.56 Å². The zero-order valence-electron chi connectivity index (χ0n) is 8.53. The van der Waals surface area contributed by atoms with Gasteiger partial charge in [-0.05, 0) is 12.0 Å². The molecule has 1 amide bonds. The molecule has 1 atom stereocenters. The first-order chi connectivity index (χ1) is 7.25. The highest BCUT2D eigenvalue weighted by Gasteiger charge is 2.25. The van der Waals surface area contributed by atoms with Gasteiger partial charge in [0.15, 0.2) is 0 Å². The Hall–Kier alpha value is -1.38. The fraction of sp³-hybridized carbons (Fsp3) is 0.417. The molecule has 0 aromatic heterocycles. The van der Waals surface area contributed by atoms with E-state index in [2.05, 4.69) is 0 Å². The molecule has 0 aliphatic carbocycles. The third-order valence-corrected chi connectivity index (χ3v) is 2.68. The van der Waals surface area contributed by atoms with E-state index in [1.165, 1.54) is 0 Å². The molecule has 0 spiro atoms. The SMILES string of the molecule is O=C1CC(F)CCN1Cc1ccccc1. The molecule has 1 aromatic carbocycles. The summed E-state index contributed by atoms with van der Waals surface area (Å²) in [6, 6.07) is 9.80. The van der Waals surface area contributed by atoms with Crippen molar-refractivity contribution >= 4 is 5.91 Å². The standard InChI is InChI=1S/C12H14FNO/c13-11-6-7-14(12(15)8-11)9-10-4-2-1-3-5-10/h1-5,11H,6-9H2. The number of amides is 1. The number of piperidine rings is 1. The second kappa shape index (κ2) is 4.43. The molecule has 1 saturated heterocycles. The molecule has 15 heavy (non-hydrogen) atoms. The summed E-state index contributed by atoms with van der Waals surface area (Å²) in [5.74, 6) is -0.0717. The van der Waals surface area contributed by atoms with E-state index in [-0.39, 0.29) is 12.3 Å². The molecule has 0 saturated carbocycles. The molecular weight excluding hydrogens is 193 g/mol. The van der Waals surface area contributed by atoms with E-state index in [1.54, 1.807) is 4.90 Å². The van der Waals surface area contributed by atoms with Crippen LogP contribution in [0.1, 0.15) is 18.4 Å². The van der Waals surface area contributed by atoms with Crippen LogP contribution in [0, 0.1) is 0 Å². The van der Waals surface area contributed by atoms with Crippen LogP contribution < -0.4 is 0 Å². The zero-order chi connectivity index (χ0) is 10.7. The van der Waals surface area contributed by atoms with Crippen LogP contribution >= 0.6 is 0 Å².